The molecular formula is C21H30Cl2N4O4. The second kappa shape index (κ2) is 9.11. The van der Waals surface area contributed by atoms with E-state index in [1.165, 1.54) is 7.11 Å². The van der Waals surface area contributed by atoms with Gasteiger partial charge in [0.2, 0.25) is 5.95 Å². The number of methoxy groups -OCH3 is 1. The van der Waals surface area contributed by atoms with Crippen molar-refractivity contribution in [3.05, 3.63) is 23.8 Å². The van der Waals surface area contributed by atoms with Gasteiger partial charge in [-0.2, -0.15) is 0 Å². The Labute approximate surface area is 194 Å². The average molecular weight is 473 g/mol. The Hall–Kier alpha value is -1.58. The number of halogens is 2. The van der Waals surface area contributed by atoms with Gasteiger partial charge < -0.3 is 29.4 Å². The first kappa shape index (κ1) is 24.1. The SMILES string of the molecule is CCCn1c(N2C[C@@H]3[C@H](CO)[C@H]4CNC[C@]3(C2)O4)nc2cc(C(=O)OC)ccc21.Cl.Cl. The van der Waals surface area contributed by atoms with E-state index in [1.807, 2.05) is 6.07 Å². The molecule has 31 heavy (non-hydrogen) atoms. The number of aliphatic hydroxyl groups excluding tert-OH is 1. The third kappa shape index (κ3) is 3.68. The van der Waals surface area contributed by atoms with Gasteiger partial charge in [-0.3, -0.25) is 0 Å². The molecule has 10 heteroatoms. The minimum absolute atomic E-state index is 0. The van der Waals surface area contributed by atoms with Crippen LogP contribution < -0.4 is 10.2 Å². The molecule has 1 aromatic heterocycles. The van der Waals surface area contributed by atoms with E-state index in [1.54, 1.807) is 12.1 Å². The normalized spacial score (nSPS) is 28.7. The number of aromatic nitrogens is 2. The van der Waals surface area contributed by atoms with Gasteiger partial charge in [0.1, 0.15) is 5.60 Å². The van der Waals surface area contributed by atoms with Crippen LogP contribution in [0.5, 0.6) is 0 Å². The van der Waals surface area contributed by atoms with Crippen molar-refractivity contribution >= 4 is 47.8 Å². The predicted molar refractivity (Wildman–Crippen MR) is 123 cm³/mol. The maximum Gasteiger partial charge on any atom is 0.337 e. The quantitative estimate of drug-likeness (QED) is 0.641. The third-order valence-electron chi connectivity index (χ3n) is 6.79. The molecule has 0 aliphatic carbocycles. The zero-order valence-electron chi connectivity index (χ0n) is 17.7. The number of aliphatic hydroxyl groups is 1. The summed E-state index contributed by atoms with van der Waals surface area (Å²) in [6.07, 6.45) is 1.08. The lowest BCUT2D eigenvalue weighted by molar-refractivity contribution is -0.0654. The fraction of sp³-hybridized carbons (Fsp3) is 0.619. The van der Waals surface area contributed by atoms with Crippen LogP contribution in [0.1, 0.15) is 23.7 Å². The minimum Gasteiger partial charge on any atom is -0.465 e. The van der Waals surface area contributed by atoms with Crippen molar-refractivity contribution in [2.45, 2.75) is 31.6 Å². The number of rotatable bonds is 5. The molecule has 3 saturated heterocycles. The van der Waals surface area contributed by atoms with E-state index in [9.17, 15) is 9.90 Å². The molecule has 2 N–H and O–H groups in total. The van der Waals surface area contributed by atoms with Crippen LogP contribution in [0.15, 0.2) is 18.2 Å². The largest absolute Gasteiger partial charge is 0.465 e. The van der Waals surface area contributed by atoms with Gasteiger partial charge in [-0.1, -0.05) is 6.92 Å². The van der Waals surface area contributed by atoms with Crippen LogP contribution in [0.4, 0.5) is 5.95 Å². The highest BCUT2D eigenvalue weighted by Gasteiger charge is 2.61. The van der Waals surface area contributed by atoms with Crippen molar-refractivity contribution in [2.24, 2.45) is 11.8 Å². The molecule has 4 atom stereocenters. The van der Waals surface area contributed by atoms with E-state index in [0.717, 1.165) is 56.1 Å². The molecule has 0 amide bonds. The zero-order chi connectivity index (χ0) is 20.2. The Morgan fingerprint density at radius 1 is 1.42 bits per heavy atom. The first-order chi connectivity index (χ1) is 14.1. The lowest BCUT2D eigenvalue weighted by Crippen LogP contribution is -2.52. The number of benzene rings is 1. The van der Waals surface area contributed by atoms with Gasteiger partial charge in [0.15, 0.2) is 0 Å². The van der Waals surface area contributed by atoms with Gasteiger partial charge in [-0.05, 0) is 24.6 Å². The summed E-state index contributed by atoms with van der Waals surface area (Å²) in [7, 11) is 1.39. The van der Waals surface area contributed by atoms with Crippen molar-refractivity contribution in [2.75, 3.05) is 44.8 Å². The summed E-state index contributed by atoms with van der Waals surface area (Å²) in [6.45, 7) is 6.35. The van der Waals surface area contributed by atoms with Crippen molar-refractivity contribution in [1.29, 1.82) is 0 Å². The fourth-order valence-corrected chi connectivity index (χ4v) is 5.50. The molecule has 3 fully saturated rings. The minimum atomic E-state index is -0.355. The van der Waals surface area contributed by atoms with Gasteiger partial charge in [-0.15, -0.1) is 24.8 Å². The maximum atomic E-state index is 11.9. The van der Waals surface area contributed by atoms with Gasteiger partial charge in [0.05, 0.1) is 36.4 Å². The van der Waals surface area contributed by atoms with Gasteiger partial charge >= 0.3 is 5.97 Å². The zero-order valence-corrected chi connectivity index (χ0v) is 19.4. The monoisotopic (exact) mass is 472 g/mol. The summed E-state index contributed by atoms with van der Waals surface area (Å²) in [5.74, 6) is 1.000. The molecule has 3 aliphatic heterocycles. The predicted octanol–water partition coefficient (Wildman–Crippen LogP) is 1.86. The first-order valence-corrected chi connectivity index (χ1v) is 10.4. The Kier molecular flexibility index (Phi) is 7.08. The van der Waals surface area contributed by atoms with E-state index >= 15 is 0 Å². The Morgan fingerprint density at radius 2 is 2.23 bits per heavy atom. The van der Waals surface area contributed by atoms with Crippen molar-refractivity contribution in [3.63, 3.8) is 0 Å². The first-order valence-electron chi connectivity index (χ1n) is 10.4. The lowest BCUT2D eigenvalue weighted by atomic mass is 9.83. The highest BCUT2D eigenvalue weighted by molar-refractivity contribution is 5.94. The molecule has 5 rings (SSSR count). The molecule has 172 valence electrons. The second-order valence-electron chi connectivity index (χ2n) is 8.44. The second-order valence-corrected chi connectivity index (χ2v) is 8.44. The molecule has 4 heterocycles. The molecule has 0 unspecified atom stereocenters. The Balaban J connectivity index is 0.00000136. The number of ether oxygens (including phenoxy) is 2. The van der Waals surface area contributed by atoms with Gasteiger partial charge in [0, 0.05) is 44.6 Å². The summed E-state index contributed by atoms with van der Waals surface area (Å²) in [6, 6.07) is 5.55. The van der Waals surface area contributed by atoms with E-state index in [4.69, 9.17) is 14.5 Å². The fourth-order valence-electron chi connectivity index (χ4n) is 5.50. The van der Waals surface area contributed by atoms with E-state index in [0.29, 0.717) is 5.56 Å². The highest BCUT2D eigenvalue weighted by atomic mass is 35.5. The number of nitrogens with zero attached hydrogens (tertiary/aromatic N) is 3. The molecule has 1 aromatic carbocycles. The molecule has 8 nitrogen and oxygen atoms in total. The number of fused-ring (bicyclic) bond motifs is 2. The van der Waals surface area contributed by atoms with Crippen molar-refractivity contribution in [3.8, 4) is 0 Å². The molecule has 2 aromatic rings. The molecule has 0 radical (unpaired) electrons. The smallest absolute Gasteiger partial charge is 0.337 e. The molecule has 1 spiro atoms. The maximum absolute atomic E-state index is 11.9. The summed E-state index contributed by atoms with van der Waals surface area (Å²) in [5.41, 5.74) is 2.06. The molecule has 2 bridgehead atoms. The summed E-state index contributed by atoms with van der Waals surface area (Å²) < 4.78 is 13.5. The highest BCUT2D eigenvalue weighted by Crippen LogP contribution is 2.48. The number of morpholine rings is 1. The van der Waals surface area contributed by atoms with Gasteiger partial charge in [-0.25, -0.2) is 9.78 Å². The number of imidazole rings is 1. The van der Waals surface area contributed by atoms with E-state index < -0.39 is 0 Å². The number of nitrogens with one attached hydrogen (secondary N) is 1. The summed E-state index contributed by atoms with van der Waals surface area (Å²) >= 11 is 0. The third-order valence-corrected chi connectivity index (χ3v) is 6.79. The number of hydrogen-bond acceptors (Lipinski definition) is 7. The Bertz CT molecular complexity index is 955. The van der Waals surface area contributed by atoms with Crippen molar-refractivity contribution < 1.29 is 19.4 Å². The van der Waals surface area contributed by atoms with Gasteiger partial charge in [0.25, 0.3) is 0 Å². The number of carbonyl (C=O) groups excluding carboxylic acids is 1. The molecular weight excluding hydrogens is 443 g/mol. The van der Waals surface area contributed by atoms with Crippen LogP contribution in [-0.2, 0) is 16.0 Å². The van der Waals surface area contributed by atoms with Crippen LogP contribution in [0.3, 0.4) is 0 Å². The van der Waals surface area contributed by atoms with Crippen LogP contribution in [0.25, 0.3) is 11.0 Å². The number of hydrogen-bond donors (Lipinski definition) is 2. The van der Waals surface area contributed by atoms with E-state index in [2.05, 4.69) is 21.7 Å². The van der Waals surface area contributed by atoms with Crippen LogP contribution in [-0.4, -0.2) is 72.2 Å². The summed E-state index contributed by atoms with van der Waals surface area (Å²) in [5, 5.41) is 13.5. The average Bonchev–Trinajstić information content (AvgIpc) is 3.32. The number of aryl methyl sites for hydroxylation is 1. The van der Waals surface area contributed by atoms with Crippen molar-refractivity contribution in [1.82, 2.24) is 14.9 Å². The van der Waals surface area contributed by atoms with Crippen LogP contribution in [0.2, 0.25) is 0 Å². The summed E-state index contributed by atoms with van der Waals surface area (Å²) in [4.78, 5) is 19.1. The molecule has 0 saturated carbocycles. The number of esters is 1. The number of anilines is 1. The lowest BCUT2D eigenvalue weighted by Gasteiger charge is -2.34. The van der Waals surface area contributed by atoms with E-state index in [-0.39, 0.29) is 60.9 Å². The Morgan fingerprint density at radius 3 is 2.94 bits per heavy atom. The molecule has 3 aliphatic rings. The van der Waals surface area contributed by atoms with Crippen LogP contribution >= 0.6 is 24.8 Å². The standard InChI is InChI=1S/C21H28N4O4.2ClH/c1-3-6-25-17-5-4-13(19(27)28-2)7-16(17)23-20(25)24-9-15-14(10-26)18-8-22-11-21(15,12-24)29-18;;/h4-5,7,14-15,18,22,26H,3,6,8-12H2,1-2H3;2*1H/t14-,15+,18+,21+;;/m0../s1. The topological polar surface area (TPSA) is 88.9 Å². The number of carbonyl (C=O) groups is 1. The van der Waals surface area contributed by atoms with Crippen LogP contribution in [0, 0.1) is 11.8 Å².